The molecule has 3 rings (SSSR count). The molecule has 0 saturated heterocycles. The fourth-order valence-electron chi connectivity index (χ4n) is 3.80. The van der Waals surface area contributed by atoms with Gasteiger partial charge in [-0.15, -0.1) is 0 Å². The van der Waals surface area contributed by atoms with E-state index < -0.39 is 15.6 Å². The van der Waals surface area contributed by atoms with Crippen molar-refractivity contribution in [3.63, 3.8) is 0 Å². The summed E-state index contributed by atoms with van der Waals surface area (Å²) in [5, 5.41) is 4.17. The molecule has 8 nitrogen and oxygen atoms in total. The standard InChI is InChI=1S/C22H34N4O4S/c1-5-26(6-2)15-20-23-21(24-30-20)22(13-7-8-14-22)25-31(27,28)19-11-9-18(10-12-19)29-16-17(3)4/h9-12,17,25H,5-8,13-16H2,1-4H3. The average Bonchev–Trinajstić information content (AvgIpc) is 3.41. The molecule has 0 radical (unpaired) electrons. The Labute approximate surface area is 185 Å². The maximum atomic E-state index is 13.2. The van der Waals surface area contributed by atoms with E-state index in [0.717, 1.165) is 25.9 Å². The number of hydrogen-bond acceptors (Lipinski definition) is 7. The smallest absolute Gasteiger partial charge is 0.241 e. The van der Waals surface area contributed by atoms with Crippen LogP contribution in [0.15, 0.2) is 33.7 Å². The molecular weight excluding hydrogens is 416 g/mol. The Bertz CT molecular complexity index is 931. The highest BCUT2D eigenvalue weighted by molar-refractivity contribution is 7.89. The van der Waals surface area contributed by atoms with Crippen LogP contribution in [0.25, 0.3) is 0 Å². The van der Waals surface area contributed by atoms with Gasteiger partial charge in [0.2, 0.25) is 15.9 Å². The molecule has 9 heteroatoms. The van der Waals surface area contributed by atoms with Gasteiger partial charge >= 0.3 is 0 Å². The lowest BCUT2D eigenvalue weighted by atomic mass is 9.98. The van der Waals surface area contributed by atoms with Crippen molar-refractivity contribution in [2.45, 2.75) is 70.4 Å². The van der Waals surface area contributed by atoms with Crippen LogP contribution in [-0.2, 0) is 22.1 Å². The molecule has 1 aliphatic carbocycles. The third-order valence-corrected chi connectivity index (χ3v) is 7.21. The second-order valence-corrected chi connectivity index (χ2v) is 10.2. The minimum absolute atomic E-state index is 0.197. The molecule has 0 atom stereocenters. The molecule has 1 fully saturated rings. The first kappa shape index (κ1) is 23.7. The van der Waals surface area contributed by atoms with Crippen molar-refractivity contribution in [1.82, 2.24) is 19.8 Å². The SMILES string of the molecule is CCN(CC)Cc1nc(C2(NS(=O)(=O)c3ccc(OCC(C)C)cc3)CCCC2)no1. The molecule has 1 heterocycles. The van der Waals surface area contributed by atoms with Gasteiger partial charge in [0, 0.05) is 0 Å². The molecule has 172 valence electrons. The lowest BCUT2D eigenvalue weighted by Gasteiger charge is -2.26. The predicted octanol–water partition coefficient (Wildman–Crippen LogP) is 3.69. The summed E-state index contributed by atoms with van der Waals surface area (Å²) in [6.45, 7) is 11.2. The van der Waals surface area contributed by atoms with Gasteiger partial charge in [0.1, 0.15) is 5.75 Å². The van der Waals surface area contributed by atoms with Crippen molar-refractivity contribution >= 4 is 10.0 Å². The Hall–Kier alpha value is -1.97. The Morgan fingerprint density at radius 1 is 1.16 bits per heavy atom. The zero-order valence-corrected chi connectivity index (χ0v) is 19.7. The molecule has 0 amide bonds. The van der Waals surface area contributed by atoms with E-state index in [9.17, 15) is 8.42 Å². The summed E-state index contributed by atoms with van der Waals surface area (Å²) in [6.07, 6.45) is 3.10. The molecule has 0 spiro atoms. The molecule has 0 bridgehead atoms. The zero-order chi connectivity index (χ0) is 22.5. The molecule has 2 aromatic rings. The number of aromatic nitrogens is 2. The first-order valence-electron chi connectivity index (χ1n) is 11.1. The minimum Gasteiger partial charge on any atom is -0.493 e. The van der Waals surface area contributed by atoms with Gasteiger partial charge < -0.3 is 9.26 Å². The molecule has 1 N–H and O–H groups in total. The van der Waals surface area contributed by atoms with Crippen molar-refractivity contribution in [2.75, 3.05) is 19.7 Å². The van der Waals surface area contributed by atoms with Crippen molar-refractivity contribution < 1.29 is 17.7 Å². The van der Waals surface area contributed by atoms with E-state index in [1.165, 1.54) is 0 Å². The van der Waals surface area contributed by atoms with E-state index >= 15 is 0 Å². The Balaban J connectivity index is 1.78. The topological polar surface area (TPSA) is 97.6 Å². The molecular formula is C22H34N4O4S. The van der Waals surface area contributed by atoms with E-state index in [1.54, 1.807) is 24.3 Å². The van der Waals surface area contributed by atoms with Crippen LogP contribution in [-0.4, -0.2) is 43.2 Å². The highest BCUT2D eigenvalue weighted by atomic mass is 32.2. The van der Waals surface area contributed by atoms with Crippen LogP contribution in [0.1, 0.15) is 65.1 Å². The molecule has 0 unspecified atom stereocenters. The van der Waals surface area contributed by atoms with Crippen LogP contribution >= 0.6 is 0 Å². The van der Waals surface area contributed by atoms with Crippen LogP contribution in [0.5, 0.6) is 5.75 Å². The third kappa shape index (κ3) is 5.84. The fourth-order valence-corrected chi connectivity index (χ4v) is 5.22. The Morgan fingerprint density at radius 2 is 1.81 bits per heavy atom. The second-order valence-electron chi connectivity index (χ2n) is 8.54. The van der Waals surface area contributed by atoms with Crippen molar-refractivity contribution in [1.29, 1.82) is 0 Å². The van der Waals surface area contributed by atoms with Crippen molar-refractivity contribution in [3.05, 3.63) is 36.0 Å². The maximum absolute atomic E-state index is 13.2. The lowest BCUT2D eigenvalue weighted by Crippen LogP contribution is -2.44. The molecule has 31 heavy (non-hydrogen) atoms. The molecule has 0 aliphatic heterocycles. The van der Waals surface area contributed by atoms with E-state index in [2.05, 4.69) is 47.5 Å². The third-order valence-electron chi connectivity index (χ3n) is 5.65. The highest BCUT2D eigenvalue weighted by Gasteiger charge is 2.43. The summed E-state index contributed by atoms with van der Waals surface area (Å²) in [4.78, 5) is 6.94. The summed E-state index contributed by atoms with van der Waals surface area (Å²) < 4.78 is 40.4. The minimum atomic E-state index is -3.76. The summed E-state index contributed by atoms with van der Waals surface area (Å²) >= 11 is 0. The molecule has 1 saturated carbocycles. The average molecular weight is 451 g/mol. The highest BCUT2D eigenvalue weighted by Crippen LogP contribution is 2.38. The summed E-state index contributed by atoms with van der Waals surface area (Å²) in [7, 11) is -3.76. The van der Waals surface area contributed by atoms with E-state index in [4.69, 9.17) is 9.26 Å². The number of benzene rings is 1. The zero-order valence-electron chi connectivity index (χ0n) is 18.9. The van der Waals surface area contributed by atoms with E-state index in [0.29, 0.717) is 49.4 Å². The molecule has 1 aliphatic rings. The lowest BCUT2D eigenvalue weighted by molar-refractivity contribution is 0.244. The van der Waals surface area contributed by atoms with Gasteiger partial charge in [0.25, 0.3) is 0 Å². The summed E-state index contributed by atoms with van der Waals surface area (Å²) in [6, 6.07) is 6.52. The van der Waals surface area contributed by atoms with Gasteiger partial charge in [-0.1, -0.05) is 45.7 Å². The quantitative estimate of drug-likeness (QED) is 0.557. The van der Waals surface area contributed by atoms with Gasteiger partial charge in [0.05, 0.1) is 23.6 Å². The van der Waals surface area contributed by atoms with Crippen LogP contribution in [0.2, 0.25) is 0 Å². The van der Waals surface area contributed by atoms with Crippen LogP contribution in [0, 0.1) is 5.92 Å². The molecule has 1 aromatic carbocycles. The van der Waals surface area contributed by atoms with Crippen molar-refractivity contribution in [3.8, 4) is 5.75 Å². The number of sulfonamides is 1. The fraction of sp³-hybridized carbons (Fsp3) is 0.636. The Kier molecular flexibility index (Phi) is 7.72. The van der Waals surface area contributed by atoms with Crippen LogP contribution in [0.4, 0.5) is 0 Å². The van der Waals surface area contributed by atoms with Gasteiger partial charge in [-0.25, -0.2) is 8.42 Å². The monoisotopic (exact) mass is 450 g/mol. The number of nitrogens with zero attached hydrogens (tertiary/aromatic N) is 3. The van der Waals surface area contributed by atoms with E-state index in [-0.39, 0.29) is 4.90 Å². The van der Waals surface area contributed by atoms with Gasteiger partial charge in [-0.3, -0.25) is 4.90 Å². The van der Waals surface area contributed by atoms with Crippen molar-refractivity contribution in [2.24, 2.45) is 5.92 Å². The van der Waals surface area contributed by atoms with Gasteiger partial charge in [-0.05, 0) is 56.1 Å². The van der Waals surface area contributed by atoms with Crippen LogP contribution in [0.3, 0.4) is 0 Å². The number of rotatable bonds is 11. The van der Waals surface area contributed by atoms with E-state index in [1.807, 2.05) is 0 Å². The number of hydrogen-bond donors (Lipinski definition) is 1. The maximum Gasteiger partial charge on any atom is 0.241 e. The van der Waals surface area contributed by atoms with Crippen LogP contribution < -0.4 is 9.46 Å². The first-order chi connectivity index (χ1) is 14.8. The number of ether oxygens (including phenoxy) is 1. The largest absolute Gasteiger partial charge is 0.493 e. The van der Waals surface area contributed by atoms with Gasteiger partial charge in [0.15, 0.2) is 5.82 Å². The molecule has 1 aromatic heterocycles. The van der Waals surface area contributed by atoms with Gasteiger partial charge in [-0.2, -0.15) is 9.71 Å². The normalized spacial score (nSPS) is 16.3. The predicted molar refractivity (Wildman–Crippen MR) is 118 cm³/mol. The summed E-state index contributed by atoms with van der Waals surface area (Å²) in [5.74, 6) is 1.99. The second kappa shape index (κ2) is 10.1. The first-order valence-corrected chi connectivity index (χ1v) is 12.6. The number of nitrogens with one attached hydrogen (secondary N) is 1. The Morgan fingerprint density at radius 3 is 2.39 bits per heavy atom. The summed E-state index contributed by atoms with van der Waals surface area (Å²) in [5.41, 5.74) is -0.837.